The zero-order chi connectivity index (χ0) is 15.0. The topological polar surface area (TPSA) is 90.9 Å². The van der Waals surface area contributed by atoms with Crippen molar-refractivity contribution in [2.45, 2.75) is 26.3 Å². The molecule has 3 N–H and O–H groups in total. The molecule has 2 amide bonds. The number of carbonyl (C=O) groups excluding carboxylic acids is 1. The van der Waals surface area contributed by atoms with Gasteiger partial charge in [0.15, 0.2) is 0 Å². The fraction of sp³-hybridized carbons (Fsp3) is 0.846. The highest BCUT2D eigenvalue weighted by Crippen LogP contribution is 2.00. The van der Waals surface area contributed by atoms with E-state index < -0.39 is 11.9 Å². The fourth-order valence-electron chi connectivity index (χ4n) is 2.02. The van der Waals surface area contributed by atoms with Crippen molar-refractivity contribution in [1.29, 1.82) is 0 Å². The van der Waals surface area contributed by atoms with E-state index in [4.69, 9.17) is 9.84 Å². The van der Waals surface area contributed by atoms with Crippen LogP contribution in [-0.2, 0) is 9.53 Å². The lowest BCUT2D eigenvalue weighted by atomic mass is 10.1. The molecule has 2 unspecified atom stereocenters. The Balaban J connectivity index is 2.12. The molecule has 1 fully saturated rings. The monoisotopic (exact) mass is 287 g/mol. The van der Waals surface area contributed by atoms with E-state index in [2.05, 4.69) is 15.5 Å². The van der Waals surface area contributed by atoms with Crippen LogP contribution >= 0.6 is 0 Å². The number of nitrogens with zero attached hydrogens (tertiary/aromatic N) is 1. The summed E-state index contributed by atoms with van der Waals surface area (Å²) in [4.78, 5) is 24.5. The molecule has 116 valence electrons. The molecule has 0 radical (unpaired) electrons. The van der Waals surface area contributed by atoms with Gasteiger partial charge in [0.05, 0.1) is 19.1 Å². The number of carboxylic acids is 1. The molecule has 0 aromatic heterocycles. The molecule has 1 aliphatic rings. The lowest BCUT2D eigenvalue weighted by Gasteiger charge is -2.29. The summed E-state index contributed by atoms with van der Waals surface area (Å²) in [6.45, 7) is 8.01. The summed E-state index contributed by atoms with van der Waals surface area (Å²) in [5.74, 6) is -1.28. The molecule has 1 rings (SSSR count). The number of carbonyl (C=O) groups is 2. The third-order valence-corrected chi connectivity index (χ3v) is 3.30. The van der Waals surface area contributed by atoms with Crippen molar-refractivity contribution >= 4 is 12.0 Å². The Morgan fingerprint density at radius 3 is 2.55 bits per heavy atom. The fourth-order valence-corrected chi connectivity index (χ4v) is 2.02. The van der Waals surface area contributed by atoms with Gasteiger partial charge >= 0.3 is 12.0 Å². The van der Waals surface area contributed by atoms with Gasteiger partial charge in [-0.2, -0.15) is 0 Å². The van der Waals surface area contributed by atoms with Crippen molar-refractivity contribution in [3.05, 3.63) is 0 Å². The smallest absolute Gasteiger partial charge is 0.315 e. The first-order valence-corrected chi connectivity index (χ1v) is 7.06. The van der Waals surface area contributed by atoms with E-state index in [1.54, 1.807) is 6.92 Å². The summed E-state index contributed by atoms with van der Waals surface area (Å²) >= 11 is 0. The molecule has 20 heavy (non-hydrogen) atoms. The van der Waals surface area contributed by atoms with E-state index in [0.717, 1.165) is 32.8 Å². The average Bonchev–Trinajstić information content (AvgIpc) is 2.39. The van der Waals surface area contributed by atoms with Crippen LogP contribution in [0, 0.1) is 5.92 Å². The molecule has 0 saturated carbocycles. The predicted octanol–water partition coefficient (Wildman–Crippen LogP) is 0.117. The summed E-state index contributed by atoms with van der Waals surface area (Å²) in [5.41, 5.74) is 0. The Morgan fingerprint density at radius 1 is 1.30 bits per heavy atom. The highest BCUT2D eigenvalue weighted by molar-refractivity contribution is 5.74. The van der Waals surface area contributed by atoms with E-state index in [-0.39, 0.29) is 12.1 Å². The van der Waals surface area contributed by atoms with E-state index >= 15 is 0 Å². The van der Waals surface area contributed by atoms with Gasteiger partial charge in [-0.25, -0.2) is 4.79 Å². The number of morpholine rings is 1. The second kappa shape index (κ2) is 8.76. The highest BCUT2D eigenvalue weighted by Gasteiger charge is 2.15. The number of amides is 2. The van der Waals surface area contributed by atoms with E-state index in [1.807, 2.05) is 6.92 Å². The maximum absolute atomic E-state index is 11.6. The number of rotatable bonds is 7. The standard InChI is InChI=1S/C13H25N3O4/c1-10(12(17)18)3-4-14-13(19)15-11(2)9-16-5-7-20-8-6-16/h10-11H,3-9H2,1-2H3,(H,17,18)(H2,14,15,19). The van der Waals surface area contributed by atoms with Crippen LogP contribution < -0.4 is 10.6 Å². The molecule has 7 heteroatoms. The van der Waals surface area contributed by atoms with Crippen LogP contribution in [-0.4, -0.2) is 67.4 Å². The minimum Gasteiger partial charge on any atom is -0.481 e. The molecule has 2 atom stereocenters. The Morgan fingerprint density at radius 2 is 1.95 bits per heavy atom. The SMILES string of the molecule is CC(CN1CCOCC1)NC(=O)NCCC(C)C(=O)O. The lowest BCUT2D eigenvalue weighted by Crippen LogP contribution is -2.48. The first-order valence-electron chi connectivity index (χ1n) is 7.06. The molecule has 1 heterocycles. The van der Waals surface area contributed by atoms with Gasteiger partial charge in [0.25, 0.3) is 0 Å². The zero-order valence-electron chi connectivity index (χ0n) is 12.2. The average molecular weight is 287 g/mol. The van der Waals surface area contributed by atoms with Crippen LogP contribution in [0.5, 0.6) is 0 Å². The summed E-state index contributed by atoms with van der Waals surface area (Å²) in [7, 11) is 0. The van der Waals surface area contributed by atoms with Crippen LogP contribution in [0.1, 0.15) is 20.3 Å². The molecule has 0 aromatic rings. The number of aliphatic carboxylic acids is 1. The number of carboxylic acid groups (broad SMARTS) is 1. The third-order valence-electron chi connectivity index (χ3n) is 3.30. The normalized spacial score (nSPS) is 19.1. The second-order valence-corrected chi connectivity index (χ2v) is 5.24. The summed E-state index contributed by atoms with van der Waals surface area (Å²) in [6, 6.07) is -0.201. The van der Waals surface area contributed by atoms with Crippen molar-refractivity contribution < 1.29 is 19.4 Å². The molecule has 0 spiro atoms. The minimum atomic E-state index is -0.840. The van der Waals surface area contributed by atoms with E-state index in [1.165, 1.54) is 0 Å². The highest BCUT2D eigenvalue weighted by atomic mass is 16.5. The molecule has 1 aliphatic heterocycles. The molecular formula is C13H25N3O4. The Labute approximate surface area is 119 Å². The molecule has 0 aromatic carbocycles. The van der Waals surface area contributed by atoms with Crippen LogP contribution in [0.25, 0.3) is 0 Å². The van der Waals surface area contributed by atoms with Gasteiger partial charge in [-0.1, -0.05) is 6.92 Å². The third kappa shape index (κ3) is 6.72. The Kier molecular flexibility index (Phi) is 7.32. The zero-order valence-corrected chi connectivity index (χ0v) is 12.2. The molecular weight excluding hydrogens is 262 g/mol. The van der Waals surface area contributed by atoms with Gasteiger partial charge in [-0.3, -0.25) is 9.69 Å². The summed E-state index contributed by atoms with van der Waals surface area (Å²) < 4.78 is 5.27. The van der Waals surface area contributed by atoms with Gasteiger partial charge in [0.2, 0.25) is 0 Å². The van der Waals surface area contributed by atoms with Gasteiger partial charge in [0.1, 0.15) is 0 Å². The predicted molar refractivity (Wildman–Crippen MR) is 74.7 cm³/mol. The molecule has 0 bridgehead atoms. The van der Waals surface area contributed by atoms with Crippen LogP contribution in [0.15, 0.2) is 0 Å². The van der Waals surface area contributed by atoms with Crippen LogP contribution in [0.4, 0.5) is 4.79 Å². The van der Waals surface area contributed by atoms with Crippen molar-refractivity contribution in [2.24, 2.45) is 5.92 Å². The van der Waals surface area contributed by atoms with Crippen molar-refractivity contribution in [2.75, 3.05) is 39.4 Å². The number of ether oxygens (including phenoxy) is 1. The largest absolute Gasteiger partial charge is 0.481 e. The minimum absolute atomic E-state index is 0.0463. The van der Waals surface area contributed by atoms with Gasteiger partial charge in [0, 0.05) is 32.2 Å². The first kappa shape index (κ1) is 16.7. The summed E-state index contributed by atoms with van der Waals surface area (Å²) in [6.07, 6.45) is 0.431. The quantitative estimate of drug-likeness (QED) is 0.618. The van der Waals surface area contributed by atoms with Crippen molar-refractivity contribution in [1.82, 2.24) is 15.5 Å². The van der Waals surface area contributed by atoms with E-state index in [0.29, 0.717) is 13.0 Å². The van der Waals surface area contributed by atoms with Gasteiger partial charge in [-0.05, 0) is 13.3 Å². The lowest BCUT2D eigenvalue weighted by molar-refractivity contribution is -0.141. The second-order valence-electron chi connectivity index (χ2n) is 5.24. The summed E-state index contributed by atoms with van der Waals surface area (Å²) in [5, 5.41) is 14.3. The number of urea groups is 1. The Hall–Kier alpha value is -1.34. The van der Waals surface area contributed by atoms with Crippen molar-refractivity contribution in [3.8, 4) is 0 Å². The van der Waals surface area contributed by atoms with Crippen LogP contribution in [0.2, 0.25) is 0 Å². The number of nitrogens with one attached hydrogen (secondary N) is 2. The van der Waals surface area contributed by atoms with Gasteiger partial charge < -0.3 is 20.5 Å². The molecule has 7 nitrogen and oxygen atoms in total. The first-order chi connectivity index (χ1) is 9.49. The number of hydrogen-bond donors (Lipinski definition) is 3. The number of hydrogen-bond acceptors (Lipinski definition) is 4. The van der Waals surface area contributed by atoms with Crippen LogP contribution in [0.3, 0.4) is 0 Å². The molecule has 0 aliphatic carbocycles. The van der Waals surface area contributed by atoms with Crippen molar-refractivity contribution in [3.63, 3.8) is 0 Å². The van der Waals surface area contributed by atoms with Gasteiger partial charge in [-0.15, -0.1) is 0 Å². The maximum Gasteiger partial charge on any atom is 0.315 e. The van der Waals surface area contributed by atoms with E-state index in [9.17, 15) is 9.59 Å². The maximum atomic E-state index is 11.6. The Bertz CT molecular complexity index is 319. The molecule has 1 saturated heterocycles.